The Morgan fingerprint density at radius 2 is 1.81 bits per heavy atom. The molecule has 0 bridgehead atoms. The Morgan fingerprint density at radius 1 is 1.12 bits per heavy atom. The average Bonchev–Trinajstić information content (AvgIpc) is 2.62. The van der Waals surface area contributed by atoms with Crippen LogP contribution >= 0.6 is 35.4 Å². The van der Waals surface area contributed by atoms with Gasteiger partial charge in [-0.1, -0.05) is 60.5 Å². The van der Waals surface area contributed by atoms with E-state index in [2.05, 4.69) is 12.2 Å². The summed E-state index contributed by atoms with van der Waals surface area (Å²) >= 11 is 17.4. The highest BCUT2D eigenvalue weighted by atomic mass is 35.5. The molecule has 2 amide bonds. The molecule has 1 aliphatic heterocycles. The molecule has 1 N–H and O–H groups in total. The molecule has 7 heteroatoms. The fraction of sp³-hybridized carbons (Fsp3) is 0.105. The third-order valence-electron chi connectivity index (χ3n) is 3.97. The molecule has 0 spiro atoms. The molecule has 1 heterocycles. The average molecular weight is 405 g/mol. The first-order chi connectivity index (χ1) is 12.4. The number of halogens is 2. The second kappa shape index (κ2) is 7.58. The zero-order valence-corrected chi connectivity index (χ0v) is 16.1. The van der Waals surface area contributed by atoms with Crippen LogP contribution in [0.25, 0.3) is 6.08 Å². The zero-order valence-electron chi connectivity index (χ0n) is 13.8. The third-order valence-corrected chi connectivity index (χ3v) is 5.07. The Hall–Kier alpha value is -2.21. The maximum atomic E-state index is 12.9. The molecule has 1 aliphatic rings. The summed E-state index contributed by atoms with van der Waals surface area (Å²) in [5.41, 5.74) is 2.20. The van der Waals surface area contributed by atoms with E-state index in [1.54, 1.807) is 18.2 Å². The molecule has 2 aromatic carbocycles. The molecular formula is C19H14Cl2N2O2S. The van der Waals surface area contributed by atoms with E-state index in [4.69, 9.17) is 35.4 Å². The standard InChI is InChI=1S/C19H14Cl2N2O2S/c1-2-11-6-8-12(9-7-11)10-13-17(24)22-19(26)23(18(13)25)15-5-3-4-14(20)16(15)21/h3-10H,2H2,1H3,(H,22,24,26)/b13-10+. The number of anilines is 1. The van der Waals surface area contributed by atoms with E-state index in [0.717, 1.165) is 12.0 Å². The van der Waals surface area contributed by atoms with Gasteiger partial charge >= 0.3 is 0 Å². The summed E-state index contributed by atoms with van der Waals surface area (Å²) < 4.78 is 0. The molecule has 0 aliphatic carbocycles. The SMILES string of the molecule is CCc1ccc(/C=C2\C(=O)NC(=S)N(c3cccc(Cl)c3Cl)C2=O)cc1. The minimum absolute atomic E-state index is 0.0288. The van der Waals surface area contributed by atoms with Crippen LogP contribution < -0.4 is 10.2 Å². The summed E-state index contributed by atoms with van der Waals surface area (Å²) in [5, 5.41) is 2.96. The molecule has 0 unspecified atom stereocenters. The molecular weight excluding hydrogens is 391 g/mol. The molecule has 2 aromatic rings. The van der Waals surface area contributed by atoms with Crippen LogP contribution in [0.3, 0.4) is 0 Å². The van der Waals surface area contributed by atoms with Gasteiger partial charge in [-0.25, -0.2) is 0 Å². The third kappa shape index (κ3) is 3.51. The van der Waals surface area contributed by atoms with E-state index in [-0.39, 0.29) is 20.7 Å². The Kier molecular flexibility index (Phi) is 5.41. The van der Waals surface area contributed by atoms with Crippen LogP contribution in [0.5, 0.6) is 0 Å². The number of nitrogens with one attached hydrogen (secondary N) is 1. The number of thiocarbonyl (C=S) groups is 1. The highest BCUT2D eigenvalue weighted by Crippen LogP contribution is 2.34. The topological polar surface area (TPSA) is 49.4 Å². The van der Waals surface area contributed by atoms with Crippen molar-refractivity contribution in [2.75, 3.05) is 4.90 Å². The number of hydrogen-bond acceptors (Lipinski definition) is 3. The van der Waals surface area contributed by atoms with Gasteiger partial charge in [0, 0.05) is 0 Å². The molecule has 3 rings (SSSR count). The molecule has 0 aromatic heterocycles. The summed E-state index contributed by atoms with van der Waals surface area (Å²) in [6.45, 7) is 2.05. The van der Waals surface area contributed by atoms with E-state index < -0.39 is 11.8 Å². The van der Waals surface area contributed by atoms with Crippen molar-refractivity contribution in [3.05, 3.63) is 69.2 Å². The molecule has 0 atom stereocenters. The Labute approximate surface area is 166 Å². The number of aryl methyl sites for hydroxylation is 1. The van der Waals surface area contributed by atoms with Gasteiger partial charge in [-0.3, -0.25) is 19.8 Å². The molecule has 26 heavy (non-hydrogen) atoms. The van der Waals surface area contributed by atoms with Gasteiger partial charge in [0.15, 0.2) is 5.11 Å². The summed E-state index contributed by atoms with van der Waals surface area (Å²) in [6.07, 6.45) is 2.44. The fourth-order valence-corrected chi connectivity index (χ4v) is 3.21. The summed E-state index contributed by atoms with van der Waals surface area (Å²) in [6, 6.07) is 12.5. The van der Waals surface area contributed by atoms with Crippen molar-refractivity contribution in [2.24, 2.45) is 0 Å². The van der Waals surface area contributed by atoms with Gasteiger partial charge in [0.05, 0.1) is 15.7 Å². The lowest BCUT2D eigenvalue weighted by atomic mass is 10.0. The number of amides is 2. The van der Waals surface area contributed by atoms with E-state index >= 15 is 0 Å². The van der Waals surface area contributed by atoms with Crippen molar-refractivity contribution in [2.45, 2.75) is 13.3 Å². The van der Waals surface area contributed by atoms with Crippen molar-refractivity contribution in [1.82, 2.24) is 5.32 Å². The number of carbonyl (C=O) groups is 2. The molecule has 0 radical (unpaired) electrons. The highest BCUT2D eigenvalue weighted by Gasteiger charge is 2.35. The molecule has 1 fully saturated rings. The van der Waals surface area contributed by atoms with Gasteiger partial charge in [-0.05, 0) is 48.0 Å². The van der Waals surface area contributed by atoms with Gasteiger partial charge in [0.2, 0.25) is 0 Å². The second-order valence-corrected chi connectivity index (χ2v) is 6.80. The lowest BCUT2D eigenvalue weighted by Gasteiger charge is -2.29. The minimum Gasteiger partial charge on any atom is -0.298 e. The van der Waals surface area contributed by atoms with Crippen molar-refractivity contribution in [3.63, 3.8) is 0 Å². The fourth-order valence-electron chi connectivity index (χ4n) is 2.56. The Morgan fingerprint density at radius 3 is 2.46 bits per heavy atom. The smallest absolute Gasteiger partial charge is 0.270 e. The van der Waals surface area contributed by atoms with Crippen LogP contribution in [-0.2, 0) is 16.0 Å². The van der Waals surface area contributed by atoms with Gasteiger partial charge in [0.1, 0.15) is 5.57 Å². The molecule has 132 valence electrons. The van der Waals surface area contributed by atoms with E-state index in [0.29, 0.717) is 5.69 Å². The summed E-state index contributed by atoms with van der Waals surface area (Å²) in [5.74, 6) is -1.10. The van der Waals surface area contributed by atoms with Crippen LogP contribution in [0.2, 0.25) is 10.0 Å². The van der Waals surface area contributed by atoms with Crippen LogP contribution in [0, 0.1) is 0 Å². The highest BCUT2D eigenvalue weighted by molar-refractivity contribution is 7.80. The van der Waals surface area contributed by atoms with E-state index in [1.807, 2.05) is 24.3 Å². The zero-order chi connectivity index (χ0) is 18.8. The van der Waals surface area contributed by atoms with E-state index in [9.17, 15) is 9.59 Å². The number of rotatable bonds is 3. The number of nitrogens with zero attached hydrogens (tertiary/aromatic N) is 1. The first kappa shape index (κ1) is 18.6. The number of hydrogen-bond donors (Lipinski definition) is 1. The lowest BCUT2D eigenvalue weighted by molar-refractivity contribution is -0.122. The van der Waals surface area contributed by atoms with Crippen LogP contribution in [0.1, 0.15) is 18.1 Å². The normalized spacial score (nSPS) is 16.2. The Bertz CT molecular complexity index is 939. The van der Waals surface area contributed by atoms with Gasteiger partial charge in [-0.15, -0.1) is 0 Å². The number of benzene rings is 2. The van der Waals surface area contributed by atoms with Crippen LogP contribution in [0.15, 0.2) is 48.0 Å². The predicted octanol–water partition coefficient (Wildman–Crippen LogP) is 4.39. The first-order valence-corrected chi connectivity index (χ1v) is 9.03. The number of carbonyl (C=O) groups excluding carboxylic acids is 2. The largest absolute Gasteiger partial charge is 0.298 e. The summed E-state index contributed by atoms with van der Waals surface area (Å²) in [4.78, 5) is 26.4. The van der Waals surface area contributed by atoms with Crippen LogP contribution in [-0.4, -0.2) is 16.9 Å². The van der Waals surface area contributed by atoms with Gasteiger partial charge < -0.3 is 0 Å². The van der Waals surface area contributed by atoms with E-state index in [1.165, 1.54) is 16.5 Å². The van der Waals surface area contributed by atoms with Crippen molar-refractivity contribution in [3.8, 4) is 0 Å². The maximum absolute atomic E-state index is 12.9. The summed E-state index contributed by atoms with van der Waals surface area (Å²) in [7, 11) is 0. The first-order valence-electron chi connectivity index (χ1n) is 7.86. The monoisotopic (exact) mass is 404 g/mol. The molecule has 1 saturated heterocycles. The second-order valence-electron chi connectivity index (χ2n) is 5.63. The molecule has 0 saturated carbocycles. The van der Waals surface area contributed by atoms with Gasteiger partial charge in [0.25, 0.3) is 11.8 Å². The van der Waals surface area contributed by atoms with Gasteiger partial charge in [-0.2, -0.15) is 0 Å². The maximum Gasteiger partial charge on any atom is 0.270 e. The predicted molar refractivity (Wildman–Crippen MR) is 108 cm³/mol. The van der Waals surface area contributed by atoms with Crippen molar-refractivity contribution >= 4 is 64.1 Å². The minimum atomic E-state index is -0.553. The van der Waals surface area contributed by atoms with Crippen molar-refractivity contribution < 1.29 is 9.59 Å². The Balaban J connectivity index is 2.02. The quantitative estimate of drug-likeness (QED) is 0.468. The lowest BCUT2D eigenvalue weighted by Crippen LogP contribution is -2.54. The van der Waals surface area contributed by atoms with Crippen LogP contribution in [0.4, 0.5) is 5.69 Å². The van der Waals surface area contributed by atoms with Crippen molar-refractivity contribution in [1.29, 1.82) is 0 Å². The molecule has 4 nitrogen and oxygen atoms in total.